The summed E-state index contributed by atoms with van der Waals surface area (Å²) in [4.78, 5) is 18.7. The highest BCUT2D eigenvalue weighted by Crippen LogP contribution is 2.23. The minimum atomic E-state index is -3.23. The van der Waals surface area contributed by atoms with Crippen molar-refractivity contribution in [2.24, 2.45) is 0 Å². The van der Waals surface area contributed by atoms with Gasteiger partial charge >= 0.3 is 0 Å². The lowest BCUT2D eigenvalue weighted by atomic mass is 10.1. The molecule has 9 heteroatoms. The lowest BCUT2D eigenvalue weighted by Crippen LogP contribution is -2.47. The summed E-state index contributed by atoms with van der Waals surface area (Å²) in [7, 11) is -3.23. The Bertz CT molecular complexity index is 942. The van der Waals surface area contributed by atoms with Crippen LogP contribution in [0.2, 0.25) is 0 Å². The number of pyridine rings is 1. The van der Waals surface area contributed by atoms with Crippen molar-refractivity contribution >= 4 is 31.9 Å². The predicted molar refractivity (Wildman–Crippen MR) is 115 cm³/mol. The summed E-state index contributed by atoms with van der Waals surface area (Å²) >= 11 is 3.39. The van der Waals surface area contributed by atoms with Crippen molar-refractivity contribution in [1.29, 1.82) is 0 Å². The quantitative estimate of drug-likeness (QED) is 0.652. The highest BCUT2D eigenvalue weighted by molar-refractivity contribution is 9.10. The maximum absolute atomic E-state index is 12.7. The van der Waals surface area contributed by atoms with Gasteiger partial charge in [-0.3, -0.25) is 4.79 Å². The average molecular weight is 482 g/mol. The van der Waals surface area contributed by atoms with E-state index in [4.69, 9.17) is 4.74 Å². The van der Waals surface area contributed by atoms with Gasteiger partial charge in [-0.1, -0.05) is 28.9 Å². The molecule has 0 radical (unpaired) electrons. The maximum Gasteiger partial charge on any atom is 0.255 e. The molecule has 1 saturated heterocycles. The monoisotopic (exact) mass is 481 g/mol. The second kappa shape index (κ2) is 9.69. The first kappa shape index (κ1) is 21.7. The number of benzene rings is 1. The van der Waals surface area contributed by atoms with E-state index in [1.165, 1.54) is 6.20 Å². The number of ether oxygens (including phenoxy) is 1. The van der Waals surface area contributed by atoms with Crippen LogP contribution in [-0.2, 0) is 10.0 Å². The van der Waals surface area contributed by atoms with Crippen molar-refractivity contribution < 1.29 is 17.9 Å². The van der Waals surface area contributed by atoms with Crippen LogP contribution in [0.15, 0.2) is 47.1 Å². The number of nitrogens with zero attached hydrogens (tertiary/aromatic N) is 2. The summed E-state index contributed by atoms with van der Waals surface area (Å²) in [5.74, 6) is 1.08. The summed E-state index contributed by atoms with van der Waals surface area (Å²) in [5, 5.41) is 0. The van der Waals surface area contributed by atoms with Gasteiger partial charge in [0.25, 0.3) is 5.91 Å². The minimum Gasteiger partial charge on any atom is -0.439 e. The molecule has 0 atom stereocenters. The lowest BCUT2D eigenvalue weighted by Gasteiger charge is -2.32. The molecule has 0 bridgehead atoms. The molecule has 3 rings (SSSR count). The van der Waals surface area contributed by atoms with Crippen molar-refractivity contribution in [3.05, 3.63) is 52.6 Å². The molecule has 0 saturated carbocycles. The number of carbonyl (C=O) groups excluding carboxylic acids is 1. The van der Waals surface area contributed by atoms with E-state index in [1.807, 2.05) is 31.2 Å². The third-order valence-corrected chi connectivity index (χ3v) is 6.73. The number of nitrogens with one attached hydrogen (secondary N) is 1. The van der Waals surface area contributed by atoms with Crippen LogP contribution in [0.25, 0.3) is 0 Å². The second-order valence-corrected chi connectivity index (χ2v) is 9.74. The zero-order valence-corrected chi connectivity index (χ0v) is 18.6. The molecule has 29 heavy (non-hydrogen) atoms. The van der Waals surface area contributed by atoms with Gasteiger partial charge in [0.15, 0.2) is 0 Å². The van der Waals surface area contributed by atoms with Crippen LogP contribution < -0.4 is 9.46 Å². The Kier molecular flexibility index (Phi) is 7.26. The van der Waals surface area contributed by atoms with Crippen LogP contribution in [0.3, 0.4) is 0 Å². The fourth-order valence-corrected chi connectivity index (χ4v) is 4.96. The van der Waals surface area contributed by atoms with E-state index in [0.717, 1.165) is 4.47 Å². The Balaban J connectivity index is 1.54. The van der Waals surface area contributed by atoms with Crippen LogP contribution in [-0.4, -0.2) is 49.1 Å². The summed E-state index contributed by atoms with van der Waals surface area (Å²) in [6, 6.07) is 10.7. The average Bonchev–Trinajstić information content (AvgIpc) is 2.68. The van der Waals surface area contributed by atoms with Gasteiger partial charge in [0.2, 0.25) is 15.9 Å². The highest BCUT2D eigenvalue weighted by atomic mass is 79.9. The predicted octanol–water partition coefficient (Wildman–Crippen LogP) is 3.57. The van der Waals surface area contributed by atoms with Crippen molar-refractivity contribution in [1.82, 2.24) is 14.6 Å². The third-order valence-electron chi connectivity index (χ3n) is 4.60. The van der Waals surface area contributed by atoms with Crippen LogP contribution in [0.5, 0.6) is 11.6 Å². The molecule has 1 aliphatic heterocycles. The van der Waals surface area contributed by atoms with E-state index < -0.39 is 10.0 Å². The number of hydrogen-bond donors (Lipinski definition) is 1. The minimum absolute atomic E-state index is 0.110. The Labute approximate surface area is 179 Å². The summed E-state index contributed by atoms with van der Waals surface area (Å²) in [6.45, 7) is 2.85. The molecule has 1 amide bonds. The Morgan fingerprint density at radius 2 is 2.03 bits per heavy atom. The Hall–Kier alpha value is -1.97. The molecule has 2 heterocycles. The molecule has 7 nitrogen and oxygen atoms in total. The number of sulfonamides is 1. The number of rotatable bonds is 7. The fourth-order valence-electron chi connectivity index (χ4n) is 3.18. The SMILES string of the molecule is CCCS(=O)(=O)NC1CCN(C(=O)c2ccc(Oc3cccc(Br)c3)nc2)CC1. The van der Waals surface area contributed by atoms with Crippen molar-refractivity contribution in [3.63, 3.8) is 0 Å². The van der Waals surface area contributed by atoms with Crippen LogP contribution in [0.4, 0.5) is 0 Å². The molecule has 0 spiro atoms. The molecule has 156 valence electrons. The largest absolute Gasteiger partial charge is 0.439 e. The van der Waals surface area contributed by atoms with Gasteiger partial charge in [-0.15, -0.1) is 0 Å². The van der Waals surface area contributed by atoms with E-state index in [1.54, 1.807) is 17.0 Å². The molecule has 1 aromatic carbocycles. The molecule has 1 aliphatic rings. The van der Waals surface area contributed by atoms with Crippen LogP contribution in [0, 0.1) is 0 Å². The Morgan fingerprint density at radius 3 is 2.66 bits per heavy atom. The maximum atomic E-state index is 12.7. The smallest absolute Gasteiger partial charge is 0.255 e. The molecule has 1 N–H and O–H groups in total. The molecule has 0 unspecified atom stereocenters. The second-order valence-electron chi connectivity index (χ2n) is 6.95. The molecular weight excluding hydrogens is 458 g/mol. The van der Waals surface area contributed by atoms with Crippen LogP contribution >= 0.6 is 15.9 Å². The van der Waals surface area contributed by atoms with E-state index in [-0.39, 0.29) is 17.7 Å². The first-order valence-electron chi connectivity index (χ1n) is 9.55. The lowest BCUT2D eigenvalue weighted by molar-refractivity contribution is 0.0711. The number of piperidine rings is 1. The molecule has 2 aromatic rings. The van der Waals surface area contributed by atoms with Gasteiger partial charge in [0.1, 0.15) is 5.75 Å². The number of aromatic nitrogens is 1. The van der Waals surface area contributed by atoms with Crippen molar-refractivity contribution in [2.45, 2.75) is 32.2 Å². The number of likely N-dealkylation sites (tertiary alicyclic amines) is 1. The number of carbonyl (C=O) groups is 1. The summed E-state index contributed by atoms with van der Waals surface area (Å²) in [5.41, 5.74) is 0.483. The van der Waals surface area contributed by atoms with Crippen molar-refractivity contribution in [3.8, 4) is 11.6 Å². The third kappa shape index (κ3) is 6.25. The molecular formula is C20H24BrN3O4S. The first-order chi connectivity index (χ1) is 13.9. The molecule has 0 aliphatic carbocycles. The zero-order valence-electron chi connectivity index (χ0n) is 16.2. The molecule has 1 fully saturated rings. The van der Waals surface area contributed by atoms with E-state index in [0.29, 0.717) is 49.5 Å². The zero-order chi connectivity index (χ0) is 20.9. The number of amides is 1. The topological polar surface area (TPSA) is 88.6 Å². The highest BCUT2D eigenvalue weighted by Gasteiger charge is 2.26. The Morgan fingerprint density at radius 1 is 1.28 bits per heavy atom. The van der Waals surface area contributed by atoms with Crippen LogP contribution in [0.1, 0.15) is 36.5 Å². The fraction of sp³-hybridized carbons (Fsp3) is 0.400. The number of hydrogen-bond acceptors (Lipinski definition) is 5. The van der Waals surface area contributed by atoms with Crippen molar-refractivity contribution in [2.75, 3.05) is 18.8 Å². The normalized spacial score (nSPS) is 15.3. The first-order valence-corrected chi connectivity index (χ1v) is 12.0. The van der Waals surface area contributed by atoms with E-state index in [9.17, 15) is 13.2 Å². The van der Waals surface area contributed by atoms with Gasteiger partial charge in [-0.2, -0.15) is 0 Å². The van der Waals surface area contributed by atoms with E-state index in [2.05, 4.69) is 25.6 Å². The standard InChI is InChI=1S/C20H24BrN3O4S/c1-2-12-29(26,27)23-17-8-10-24(11-9-17)20(25)15-6-7-19(22-14-15)28-18-5-3-4-16(21)13-18/h3-7,13-14,17,23H,2,8-12H2,1H3. The van der Waals surface area contributed by atoms with Gasteiger partial charge < -0.3 is 9.64 Å². The summed E-state index contributed by atoms with van der Waals surface area (Å²) < 4.78 is 33.1. The van der Waals surface area contributed by atoms with Gasteiger partial charge in [0, 0.05) is 35.9 Å². The summed E-state index contributed by atoms with van der Waals surface area (Å²) in [6.07, 6.45) is 3.30. The van der Waals surface area contributed by atoms with Gasteiger partial charge in [-0.25, -0.2) is 18.1 Å². The van der Waals surface area contributed by atoms with E-state index >= 15 is 0 Å². The molecule has 1 aromatic heterocycles. The van der Waals surface area contributed by atoms with Gasteiger partial charge in [-0.05, 0) is 43.5 Å². The number of halogens is 1. The van der Waals surface area contributed by atoms with Gasteiger partial charge in [0.05, 0.1) is 11.3 Å².